The summed E-state index contributed by atoms with van der Waals surface area (Å²) in [6, 6.07) is 5.71. The molecule has 0 radical (unpaired) electrons. The molecule has 0 aliphatic heterocycles. The van der Waals surface area contributed by atoms with Gasteiger partial charge in [-0.3, -0.25) is 9.59 Å². The van der Waals surface area contributed by atoms with Crippen molar-refractivity contribution < 1.29 is 28.6 Å². The number of nitrogens with one attached hydrogen (secondary N) is 1. The first-order valence-electron chi connectivity index (χ1n) is 9.16. The van der Waals surface area contributed by atoms with Crippen LogP contribution in [0.3, 0.4) is 0 Å². The first-order chi connectivity index (χ1) is 13.8. The van der Waals surface area contributed by atoms with Gasteiger partial charge in [0.15, 0.2) is 6.61 Å². The fraction of sp³-hybridized carbons (Fsp3) is 0.381. The molecule has 0 saturated heterocycles. The summed E-state index contributed by atoms with van der Waals surface area (Å²) < 4.78 is 15.3. The predicted octanol–water partition coefficient (Wildman–Crippen LogP) is 3.37. The summed E-state index contributed by atoms with van der Waals surface area (Å²) in [5.74, 6) is -1.32. The number of thiophene rings is 1. The van der Waals surface area contributed by atoms with Crippen LogP contribution in [0.4, 0.5) is 5.00 Å². The molecule has 0 unspecified atom stereocenters. The van der Waals surface area contributed by atoms with Gasteiger partial charge in [-0.05, 0) is 55.5 Å². The molecule has 1 aromatic carbocycles. The Morgan fingerprint density at radius 1 is 1.10 bits per heavy atom. The first-order valence-corrected chi connectivity index (χ1v) is 9.98. The minimum absolute atomic E-state index is 0.202. The number of fused-ring (bicyclic) bond motifs is 1. The molecule has 1 aliphatic carbocycles. The maximum atomic E-state index is 12.4. The smallest absolute Gasteiger partial charge is 0.341 e. The Kier molecular flexibility index (Phi) is 6.22. The maximum Gasteiger partial charge on any atom is 0.341 e. The van der Waals surface area contributed by atoms with Crippen LogP contribution in [0.5, 0.6) is 5.75 Å². The van der Waals surface area contributed by atoms with Crippen molar-refractivity contribution in [1.82, 2.24) is 0 Å². The van der Waals surface area contributed by atoms with Gasteiger partial charge in [-0.25, -0.2) is 4.79 Å². The van der Waals surface area contributed by atoms with E-state index in [1.54, 1.807) is 0 Å². The Morgan fingerprint density at radius 3 is 2.41 bits per heavy atom. The van der Waals surface area contributed by atoms with E-state index in [0.29, 0.717) is 29.2 Å². The van der Waals surface area contributed by atoms with Crippen LogP contribution in [0.1, 0.15) is 44.3 Å². The van der Waals surface area contributed by atoms with Crippen LogP contribution in [-0.4, -0.2) is 38.7 Å². The van der Waals surface area contributed by atoms with E-state index >= 15 is 0 Å². The van der Waals surface area contributed by atoms with E-state index in [-0.39, 0.29) is 12.2 Å². The number of hydrogen-bond acceptors (Lipinski definition) is 7. The van der Waals surface area contributed by atoms with Gasteiger partial charge >= 0.3 is 11.9 Å². The molecule has 1 N–H and O–H groups in total. The highest BCUT2D eigenvalue weighted by molar-refractivity contribution is 7.17. The van der Waals surface area contributed by atoms with Crippen molar-refractivity contribution >= 4 is 34.2 Å². The third-order valence-electron chi connectivity index (χ3n) is 4.72. The lowest BCUT2D eigenvalue weighted by Gasteiger charge is -2.12. The van der Waals surface area contributed by atoms with E-state index in [0.717, 1.165) is 16.0 Å². The molecule has 8 heteroatoms. The zero-order valence-corrected chi connectivity index (χ0v) is 17.6. The van der Waals surface area contributed by atoms with Crippen molar-refractivity contribution in [2.24, 2.45) is 0 Å². The van der Waals surface area contributed by atoms with Gasteiger partial charge in [0.25, 0.3) is 5.91 Å². The summed E-state index contributed by atoms with van der Waals surface area (Å²) >= 11 is 1.28. The Balaban J connectivity index is 1.79. The van der Waals surface area contributed by atoms with E-state index in [1.807, 2.05) is 32.0 Å². The monoisotopic (exact) mass is 417 g/mol. The second-order valence-electron chi connectivity index (χ2n) is 6.91. The Labute approximate surface area is 173 Å². The summed E-state index contributed by atoms with van der Waals surface area (Å²) in [5, 5.41) is 3.10. The zero-order valence-electron chi connectivity index (χ0n) is 16.8. The number of anilines is 1. The van der Waals surface area contributed by atoms with Crippen LogP contribution in [0.2, 0.25) is 0 Å². The lowest BCUT2D eigenvalue weighted by Crippen LogP contribution is -2.22. The molecule has 154 valence electrons. The molecular weight excluding hydrogens is 394 g/mol. The standard InChI is InChI=1S/C21H23NO6S/c1-11-7-12(2)9-13(8-11)28-10-16(23)22-19-18(21(25)27-4)17-14(20(24)26-3)5-6-15(17)29-19/h7-9,14H,5-6,10H2,1-4H3,(H,22,23)/t14-/m0/s1. The summed E-state index contributed by atoms with van der Waals surface area (Å²) in [6.07, 6.45) is 1.21. The molecule has 1 aromatic heterocycles. The molecule has 0 fully saturated rings. The number of carbonyl (C=O) groups is 3. The molecule has 1 amide bonds. The third kappa shape index (κ3) is 4.42. The van der Waals surface area contributed by atoms with Crippen molar-refractivity contribution in [3.8, 4) is 5.75 Å². The quantitative estimate of drug-likeness (QED) is 0.725. The Bertz CT molecular complexity index is 944. The minimum atomic E-state index is -0.594. The minimum Gasteiger partial charge on any atom is -0.484 e. The number of hydrogen-bond donors (Lipinski definition) is 1. The van der Waals surface area contributed by atoms with Crippen LogP contribution in [0, 0.1) is 13.8 Å². The fourth-order valence-corrected chi connectivity index (χ4v) is 4.84. The average molecular weight is 417 g/mol. The van der Waals surface area contributed by atoms with E-state index in [1.165, 1.54) is 25.6 Å². The normalized spacial score (nSPS) is 14.8. The van der Waals surface area contributed by atoms with E-state index in [4.69, 9.17) is 14.2 Å². The highest BCUT2D eigenvalue weighted by atomic mass is 32.1. The number of carbonyl (C=O) groups excluding carboxylic acids is 3. The third-order valence-corrected chi connectivity index (χ3v) is 5.90. The first kappa shape index (κ1) is 20.9. The van der Waals surface area contributed by atoms with Gasteiger partial charge in [0.1, 0.15) is 10.8 Å². The number of esters is 2. The highest BCUT2D eigenvalue weighted by Crippen LogP contribution is 2.45. The van der Waals surface area contributed by atoms with Gasteiger partial charge in [0, 0.05) is 4.88 Å². The average Bonchev–Trinajstić information content (AvgIpc) is 3.23. The maximum absolute atomic E-state index is 12.4. The van der Waals surface area contributed by atoms with Crippen molar-refractivity contribution in [3.05, 3.63) is 45.3 Å². The molecule has 0 spiro atoms. The number of ether oxygens (including phenoxy) is 3. The lowest BCUT2D eigenvalue weighted by molar-refractivity contribution is -0.142. The Morgan fingerprint density at radius 2 is 1.79 bits per heavy atom. The second-order valence-corrected chi connectivity index (χ2v) is 8.01. The summed E-state index contributed by atoms with van der Waals surface area (Å²) in [7, 11) is 2.58. The molecule has 3 rings (SSSR count). The topological polar surface area (TPSA) is 90.9 Å². The zero-order chi connectivity index (χ0) is 21.1. The number of benzene rings is 1. The number of aryl methyl sites for hydroxylation is 3. The molecule has 7 nitrogen and oxygen atoms in total. The summed E-state index contributed by atoms with van der Waals surface area (Å²) in [5.41, 5.74) is 2.90. The van der Waals surface area contributed by atoms with Gasteiger partial charge in [-0.1, -0.05) is 6.07 Å². The largest absolute Gasteiger partial charge is 0.484 e. The number of amides is 1. The highest BCUT2D eigenvalue weighted by Gasteiger charge is 2.38. The molecular formula is C21H23NO6S. The van der Waals surface area contributed by atoms with Crippen LogP contribution in [0.25, 0.3) is 0 Å². The van der Waals surface area contributed by atoms with Crippen molar-refractivity contribution in [1.29, 1.82) is 0 Å². The molecule has 2 aromatic rings. The van der Waals surface area contributed by atoms with Gasteiger partial charge in [0.05, 0.1) is 25.7 Å². The molecule has 29 heavy (non-hydrogen) atoms. The summed E-state index contributed by atoms with van der Waals surface area (Å²) in [4.78, 5) is 37.8. The van der Waals surface area contributed by atoms with Crippen LogP contribution in [0.15, 0.2) is 18.2 Å². The van der Waals surface area contributed by atoms with Crippen molar-refractivity contribution in [3.63, 3.8) is 0 Å². The number of rotatable bonds is 6. The lowest BCUT2D eigenvalue weighted by atomic mass is 9.99. The molecule has 1 heterocycles. The van der Waals surface area contributed by atoms with Gasteiger partial charge in [-0.15, -0.1) is 11.3 Å². The predicted molar refractivity (Wildman–Crippen MR) is 109 cm³/mol. The molecule has 0 bridgehead atoms. The van der Waals surface area contributed by atoms with Gasteiger partial charge in [0.2, 0.25) is 0 Å². The fourth-order valence-electron chi connectivity index (χ4n) is 3.56. The van der Waals surface area contributed by atoms with Gasteiger partial charge < -0.3 is 19.5 Å². The molecule has 1 atom stereocenters. The molecule has 0 saturated carbocycles. The second kappa shape index (κ2) is 8.65. The number of methoxy groups -OCH3 is 2. The molecule has 1 aliphatic rings. The van der Waals surface area contributed by atoms with E-state index < -0.39 is 23.8 Å². The van der Waals surface area contributed by atoms with Crippen molar-refractivity contribution in [2.75, 3.05) is 26.1 Å². The van der Waals surface area contributed by atoms with Crippen LogP contribution in [-0.2, 0) is 25.5 Å². The SMILES string of the molecule is COC(=O)c1c(NC(=O)COc2cc(C)cc(C)c2)sc2c1[C@@H](C(=O)OC)CC2. The van der Waals surface area contributed by atoms with Gasteiger partial charge in [-0.2, -0.15) is 0 Å². The van der Waals surface area contributed by atoms with Crippen LogP contribution >= 0.6 is 11.3 Å². The Hall–Kier alpha value is -2.87. The van der Waals surface area contributed by atoms with Crippen molar-refractivity contribution in [2.45, 2.75) is 32.6 Å². The van der Waals surface area contributed by atoms with E-state index in [2.05, 4.69) is 5.32 Å². The summed E-state index contributed by atoms with van der Waals surface area (Å²) in [6.45, 7) is 3.70. The van der Waals surface area contributed by atoms with E-state index in [9.17, 15) is 14.4 Å². The van der Waals surface area contributed by atoms with Crippen LogP contribution < -0.4 is 10.1 Å².